The molecule has 1 aromatic carbocycles. The van der Waals surface area contributed by atoms with Gasteiger partial charge in [-0.3, -0.25) is 9.69 Å². The lowest BCUT2D eigenvalue weighted by molar-refractivity contribution is -0.135. The number of para-hydroxylation sites is 1. The van der Waals surface area contributed by atoms with Crippen molar-refractivity contribution < 1.29 is 9.53 Å². The Balaban J connectivity index is 1.20. The molecule has 24 heavy (non-hydrogen) atoms. The number of rotatable bonds is 5. The molecule has 1 heterocycles. The minimum absolute atomic E-state index is 0.0985. The summed E-state index contributed by atoms with van der Waals surface area (Å²) in [6.07, 6.45) is 7.58. The predicted octanol–water partition coefficient (Wildman–Crippen LogP) is 2.42. The molecular weight excluding hydrogens is 300 g/mol. The highest BCUT2D eigenvalue weighted by molar-refractivity contribution is 5.77. The number of piperazine rings is 1. The van der Waals surface area contributed by atoms with Crippen LogP contribution >= 0.6 is 0 Å². The summed E-state index contributed by atoms with van der Waals surface area (Å²) in [5.74, 6) is 3.35. The summed E-state index contributed by atoms with van der Waals surface area (Å²) in [6, 6.07) is 9.55. The fraction of sp³-hybridized carbons (Fsp3) is 0.550. The Kier molecular flexibility index (Phi) is 4.56. The molecule has 1 aliphatic heterocycles. The lowest BCUT2D eigenvalue weighted by Gasteiger charge is -2.36. The van der Waals surface area contributed by atoms with Gasteiger partial charge in [0.2, 0.25) is 0 Å². The van der Waals surface area contributed by atoms with Crippen LogP contribution in [0.1, 0.15) is 12.8 Å². The van der Waals surface area contributed by atoms with E-state index < -0.39 is 0 Å². The van der Waals surface area contributed by atoms with Gasteiger partial charge in [0.15, 0.2) is 6.61 Å². The number of nitrogens with zero attached hydrogens (tertiary/aromatic N) is 2. The van der Waals surface area contributed by atoms with Crippen LogP contribution < -0.4 is 4.74 Å². The van der Waals surface area contributed by atoms with E-state index >= 15 is 0 Å². The fourth-order valence-corrected chi connectivity index (χ4v) is 4.37. The molecule has 2 fully saturated rings. The zero-order valence-corrected chi connectivity index (χ0v) is 14.1. The highest BCUT2D eigenvalue weighted by Gasteiger charge is 2.36. The van der Waals surface area contributed by atoms with Gasteiger partial charge in [0.05, 0.1) is 0 Å². The summed E-state index contributed by atoms with van der Waals surface area (Å²) in [5.41, 5.74) is 0. The Hall–Kier alpha value is -1.81. The largest absolute Gasteiger partial charge is 0.484 e. The summed E-state index contributed by atoms with van der Waals surface area (Å²) < 4.78 is 5.58. The molecule has 0 aromatic heterocycles. The average Bonchev–Trinajstić information content (AvgIpc) is 3.24. The molecule has 0 unspecified atom stereocenters. The second-order valence-electron chi connectivity index (χ2n) is 7.32. The van der Waals surface area contributed by atoms with E-state index in [1.807, 2.05) is 35.2 Å². The average molecular weight is 326 g/mol. The van der Waals surface area contributed by atoms with Crippen molar-refractivity contribution in [1.29, 1.82) is 0 Å². The second-order valence-corrected chi connectivity index (χ2v) is 7.32. The number of ether oxygens (including phenoxy) is 1. The Morgan fingerprint density at radius 3 is 2.50 bits per heavy atom. The van der Waals surface area contributed by atoms with E-state index in [4.69, 9.17) is 4.74 Å². The van der Waals surface area contributed by atoms with Gasteiger partial charge in [0.1, 0.15) is 5.75 Å². The topological polar surface area (TPSA) is 32.8 Å². The zero-order chi connectivity index (χ0) is 16.4. The monoisotopic (exact) mass is 326 g/mol. The van der Waals surface area contributed by atoms with Crippen molar-refractivity contribution in [1.82, 2.24) is 9.80 Å². The van der Waals surface area contributed by atoms with E-state index in [0.29, 0.717) is 0 Å². The lowest BCUT2D eigenvalue weighted by Crippen LogP contribution is -2.51. The van der Waals surface area contributed by atoms with Gasteiger partial charge in [-0.15, -0.1) is 0 Å². The van der Waals surface area contributed by atoms with Crippen LogP contribution in [0.3, 0.4) is 0 Å². The zero-order valence-electron chi connectivity index (χ0n) is 14.1. The van der Waals surface area contributed by atoms with Crippen LogP contribution in [0.4, 0.5) is 0 Å². The number of amides is 1. The van der Waals surface area contributed by atoms with Crippen molar-refractivity contribution in [2.24, 2.45) is 17.8 Å². The maximum Gasteiger partial charge on any atom is 0.260 e. The van der Waals surface area contributed by atoms with E-state index in [1.165, 1.54) is 19.4 Å². The van der Waals surface area contributed by atoms with E-state index in [2.05, 4.69) is 17.1 Å². The van der Waals surface area contributed by atoms with Gasteiger partial charge in [-0.1, -0.05) is 30.4 Å². The third-order valence-electron chi connectivity index (χ3n) is 5.74. The molecule has 0 N–H and O–H groups in total. The van der Waals surface area contributed by atoms with E-state index in [0.717, 1.165) is 49.7 Å². The van der Waals surface area contributed by atoms with Crippen LogP contribution in [0.25, 0.3) is 0 Å². The maximum atomic E-state index is 12.3. The van der Waals surface area contributed by atoms with Crippen molar-refractivity contribution in [3.05, 3.63) is 42.5 Å². The first-order chi connectivity index (χ1) is 11.8. The quantitative estimate of drug-likeness (QED) is 0.779. The molecular formula is C20H26N2O2. The number of allylic oxidation sites excluding steroid dienone is 2. The lowest BCUT2D eigenvalue weighted by atomic mass is 9.93. The molecule has 0 radical (unpaired) electrons. The molecule has 2 bridgehead atoms. The number of fused-ring (bicyclic) bond motifs is 2. The summed E-state index contributed by atoms with van der Waals surface area (Å²) in [5, 5.41) is 0. The van der Waals surface area contributed by atoms with Gasteiger partial charge in [-0.2, -0.15) is 0 Å². The summed E-state index contributed by atoms with van der Waals surface area (Å²) >= 11 is 0. The predicted molar refractivity (Wildman–Crippen MR) is 93.8 cm³/mol. The van der Waals surface area contributed by atoms with E-state index in [9.17, 15) is 4.79 Å². The highest BCUT2D eigenvalue weighted by atomic mass is 16.5. The summed E-state index contributed by atoms with van der Waals surface area (Å²) in [6.45, 7) is 4.99. The molecule has 2 aliphatic carbocycles. The second kappa shape index (κ2) is 6.98. The molecule has 3 atom stereocenters. The van der Waals surface area contributed by atoms with Crippen LogP contribution in [0.2, 0.25) is 0 Å². The summed E-state index contributed by atoms with van der Waals surface area (Å²) in [4.78, 5) is 16.8. The van der Waals surface area contributed by atoms with E-state index in [-0.39, 0.29) is 12.5 Å². The molecule has 1 amide bonds. The maximum absolute atomic E-state index is 12.3. The van der Waals surface area contributed by atoms with Gasteiger partial charge >= 0.3 is 0 Å². The normalized spacial score (nSPS) is 29.2. The number of carbonyl (C=O) groups is 1. The Morgan fingerprint density at radius 1 is 1.04 bits per heavy atom. The first kappa shape index (κ1) is 15.7. The van der Waals surface area contributed by atoms with Gasteiger partial charge in [-0.25, -0.2) is 0 Å². The third-order valence-corrected chi connectivity index (χ3v) is 5.74. The van der Waals surface area contributed by atoms with Crippen LogP contribution in [0, 0.1) is 17.8 Å². The first-order valence-corrected chi connectivity index (χ1v) is 9.14. The van der Waals surface area contributed by atoms with Crippen LogP contribution in [0.5, 0.6) is 5.75 Å². The smallest absolute Gasteiger partial charge is 0.260 e. The van der Waals surface area contributed by atoms with E-state index in [1.54, 1.807) is 0 Å². The molecule has 4 heteroatoms. The molecule has 1 saturated heterocycles. The van der Waals surface area contributed by atoms with Crippen molar-refractivity contribution in [3.8, 4) is 5.75 Å². The Bertz CT molecular complexity index is 593. The SMILES string of the molecule is O=C(COc1ccccc1)N1CCN(C[C@@H]2C[C@@H]3C=C[C@H]2C3)CC1. The molecule has 1 aromatic rings. The van der Waals surface area contributed by atoms with Gasteiger partial charge in [-0.05, 0) is 42.7 Å². The number of benzene rings is 1. The van der Waals surface area contributed by atoms with Gasteiger partial charge < -0.3 is 9.64 Å². The number of carbonyl (C=O) groups excluding carboxylic acids is 1. The van der Waals surface area contributed by atoms with Crippen molar-refractivity contribution in [2.45, 2.75) is 12.8 Å². The first-order valence-electron chi connectivity index (χ1n) is 9.14. The number of hydrogen-bond acceptors (Lipinski definition) is 3. The van der Waals surface area contributed by atoms with Crippen molar-refractivity contribution in [3.63, 3.8) is 0 Å². The molecule has 3 aliphatic rings. The fourth-order valence-electron chi connectivity index (χ4n) is 4.37. The molecule has 128 valence electrons. The Labute approximate surface area is 144 Å². The highest BCUT2D eigenvalue weighted by Crippen LogP contribution is 2.43. The van der Waals surface area contributed by atoms with Crippen molar-refractivity contribution in [2.75, 3.05) is 39.3 Å². The molecule has 4 rings (SSSR count). The van der Waals surface area contributed by atoms with Crippen LogP contribution in [-0.2, 0) is 4.79 Å². The minimum atomic E-state index is 0.0985. The minimum Gasteiger partial charge on any atom is -0.484 e. The molecule has 4 nitrogen and oxygen atoms in total. The van der Waals surface area contributed by atoms with Crippen molar-refractivity contribution >= 4 is 5.91 Å². The number of hydrogen-bond donors (Lipinski definition) is 0. The molecule has 1 saturated carbocycles. The van der Waals surface area contributed by atoms with Crippen LogP contribution in [-0.4, -0.2) is 55.0 Å². The summed E-state index contributed by atoms with van der Waals surface area (Å²) in [7, 11) is 0. The molecule has 0 spiro atoms. The Morgan fingerprint density at radius 2 is 1.83 bits per heavy atom. The third kappa shape index (κ3) is 3.48. The standard InChI is InChI=1S/C20H26N2O2/c23-20(15-24-19-4-2-1-3-5-19)22-10-8-21(9-11-22)14-18-13-16-6-7-17(18)12-16/h1-7,16-18H,8-15H2/t16-,17+,18+/m1/s1. The van der Waals surface area contributed by atoms with Gasteiger partial charge in [0, 0.05) is 32.7 Å². The van der Waals surface area contributed by atoms with Gasteiger partial charge in [0.25, 0.3) is 5.91 Å². The van der Waals surface area contributed by atoms with Crippen LogP contribution in [0.15, 0.2) is 42.5 Å².